The van der Waals surface area contributed by atoms with Crippen molar-refractivity contribution in [3.05, 3.63) is 44.5 Å². The van der Waals surface area contributed by atoms with Crippen LogP contribution >= 0.6 is 7.82 Å². The molecule has 1 unspecified atom stereocenters. The lowest BCUT2D eigenvalue weighted by molar-refractivity contribution is -0.233. The Hall–Kier alpha value is -1.66. The standard InChI is InChI=1S/C36H56FN2O9P/c1-20(2)7-6-8-21(3)24-9-10-25-32-26(12-14-36(24,25)5)35(4)13-11-23(15-22(35)16-29(32)41)48-49(44,45)46-19-30-28(40)17-31(47-30)39-18-27(37)33(42)38-34(39)43/h16,18,20-21,23-26,28-32,40-41H,6-15,17,19H2,1-5H3,(H,44,45)(H,38,42,43)/p-1/t21-,23+,24-,25+,26+,28+,29+,30-,31-,32+,35+,36-/m1/s1. The van der Waals surface area contributed by atoms with E-state index in [1.807, 2.05) is 11.1 Å². The lowest BCUT2D eigenvalue weighted by atomic mass is 9.46. The average molecular weight is 710 g/mol. The second-order valence-electron chi connectivity index (χ2n) is 16.7. The van der Waals surface area contributed by atoms with Gasteiger partial charge < -0.3 is 28.9 Å². The van der Waals surface area contributed by atoms with Gasteiger partial charge >= 0.3 is 5.69 Å². The number of rotatable bonds is 11. The molecule has 3 saturated carbocycles. The molecular formula is C36H55FN2O9P-. The van der Waals surface area contributed by atoms with Gasteiger partial charge in [0, 0.05) is 6.42 Å². The van der Waals surface area contributed by atoms with Gasteiger partial charge in [0.15, 0.2) is 0 Å². The summed E-state index contributed by atoms with van der Waals surface area (Å²) in [5.74, 6) is 1.92. The van der Waals surface area contributed by atoms with E-state index < -0.39 is 62.1 Å². The van der Waals surface area contributed by atoms with Crippen molar-refractivity contribution in [2.45, 2.75) is 136 Å². The first kappa shape index (κ1) is 37.1. The van der Waals surface area contributed by atoms with Crippen LogP contribution in [0.2, 0.25) is 0 Å². The maximum Gasteiger partial charge on any atom is 0.330 e. The first-order chi connectivity index (χ1) is 23.0. The molecule has 0 bridgehead atoms. The summed E-state index contributed by atoms with van der Waals surface area (Å²) in [6.07, 6.45) is 8.00. The number of nitrogens with zero attached hydrogens (tertiary/aromatic N) is 1. The lowest BCUT2D eigenvalue weighted by Crippen LogP contribution is -2.55. The van der Waals surface area contributed by atoms with E-state index >= 15 is 0 Å². The van der Waals surface area contributed by atoms with Gasteiger partial charge in [-0.3, -0.25) is 18.9 Å². The highest BCUT2D eigenvalue weighted by Crippen LogP contribution is 2.67. The third-order valence-electron chi connectivity index (χ3n) is 13.4. The zero-order valence-electron chi connectivity index (χ0n) is 29.5. The summed E-state index contributed by atoms with van der Waals surface area (Å²) >= 11 is 0. The van der Waals surface area contributed by atoms with Crippen molar-refractivity contribution in [1.82, 2.24) is 9.55 Å². The minimum absolute atomic E-state index is 0.129. The van der Waals surface area contributed by atoms with Gasteiger partial charge in [-0.25, -0.2) is 4.79 Å². The molecule has 0 amide bonds. The molecule has 4 fully saturated rings. The van der Waals surface area contributed by atoms with Gasteiger partial charge in [0.1, 0.15) is 12.3 Å². The molecule has 1 aromatic rings. The number of halogens is 1. The summed E-state index contributed by atoms with van der Waals surface area (Å²) < 4.78 is 43.8. The molecule has 1 aromatic heterocycles. The van der Waals surface area contributed by atoms with Gasteiger partial charge in [0.05, 0.1) is 31.1 Å². The molecule has 6 rings (SSSR count). The van der Waals surface area contributed by atoms with Crippen molar-refractivity contribution in [1.29, 1.82) is 0 Å². The molecule has 2 heterocycles. The summed E-state index contributed by atoms with van der Waals surface area (Å²) in [6, 6.07) is 0. The molecule has 3 N–H and O–H groups in total. The molecule has 13 heteroatoms. The number of nitrogens with one attached hydrogen (secondary N) is 1. The number of ether oxygens (including phenoxy) is 1. The molecule has 49 heavy (non-hydrogen) atoms. The summed E-state index contributed by atoms with van der Waals surface area (Å²) in [4.78, 5) is 38.3. The topological polar surface area (TPSA) is 163 Å². The molecule has 1 aliphatic heterocycles. The Balaban J connectivity index is 1.06. The Morgan fingerprint density at radius 2 is 1.88 bits per heavy atom. The number of fused-ring (bicyclic) bond motifs is 5. The van der Waals surface area contributed by atoms with Crippen LogP contribution < -0.4 is 16.1 Å². The quantitative estimate of drug-likeness (QED) is 0.207. The van der Waals surface area contributed by atoms with E-state index in [9.17, 15) is 33.7 Å². The van der Waals surface area contributed by atoms with E-state index in [0.29, 0.717) is 42.7 Å². The van der Waals surface area contributed by atoms with Crippen LogP contribution in [0.3, 0.4) is 0 Å². The largest absolute Gasteiger partial charge is 0.756 e. The summed E-state index contributed by atoms with van der Waals surface area (Å²) in [7, 11) is -4.83. The Bertz CT molecular complexity index is 1560. The normalized spacial score (nSPS) is 40.7. The number of aliphatic hydroxyl groups excluding tert-OH is 2. The summed E-state index contributed by atoms with van der Waals surface area (Å²) in [5, 5.41) is 22.1. The van der Waals surface area contributed by atoms with Crippen molar-refractivity contribution in [3.8, 4) is 0 Å². The van der Waals surface area contributed by atoms with Crippen molar-refractivity contribution in [3.63, 3.8) is 0 Å². The third-order valence-corrected chi connectivity index (χ3v) is 14.4. The summed E-state index contributed by atoms with van der Waals surface area (Å²) in [6.45, 7) is 11.3. The molecule has 11 nitrogen and oxygen atoms in total. The molecule has 1 saturated heterocycles. The van der Waals surface area contributed by atoms with Gasteiger partial charge in [-0.15, -0.1) is 0 Å². The number of hydrogen-bond donors (Lipinski definition) is 3. The molecule has 13 atom stereocenters. The van der Waals surface area contributed by atoms with E-state index in [4.69, 9.17) is 13.8 Å². The van der Waals surface area contributed by atoms with Crippen LogP contribution in [0.15, 0.2) is 27.4 Å². The lowest BCUT2D eigenvalue weighted by Gasteiger charge is -2.59. The number of phosphoric acid groups is 1. The fraction of sp³-hybridized carbons (Fsp3) is 0.833. The molecule has 4 aliphatic carbocycles. The predicted molar refractivity (Wildman–Crippen MR) is 179 cm³/mol. The fourth-order valence-corrected chi connectivity index (χ4v) is 11.8. The first-order valence-electron chi connectivity index (χ1n) is 18.4. The Morgan fingerprint density at radius 1 is 1.12 bits per heavy atom. The van der Waals surface area contributed by atoms with Crippen molar-refractivity contribution < 1.29 is 37.8 Å². The second kappa shape index (κ2) is 14.1. The second-order valence-corrected chi connectivity index (χ2v) is 18.1. The Labute approximate surface area is 288 Å². The maximum atomic E-state index is 13.8. The van der Waals surface area contributed by atoms with E-state index in [0.717, 1.165) is 35.3 Å². The Kier molecular flexibility index (Phi) is 10.6. The van der Waals surface area contributed by atoms with Gasteiger partial charge in [0.2, 0.25) is 5.82 Å². The first-order valence-corrected chi connectivity index (χ1v) is 19.9. The Morgan fingerprint density at radius 3 is 2.61 bits per heavy atom. The number of H-pyrrole nitrogens is 1. The maximum absolute atomic E-state index is 13.8. The highest BCUT2D eigenvalue weighted by molar-refractivity contribution is 7.45. The molecular weight excluding hydrogens is 654 g/mol. The zero-order chi connectivity index (χ0) is 35.5. The van der Waals surface area contributed by atoms with Crippen molar-refractivity contribution in [2.75, 3.05) is 6.61 Å². The van der Waals surface area contributed by atoms with Gasteiger partial charge in [-0.1, -0.05) is 65.5 Å². The smallest absolute Gasteiger partial charge is 0.330 e. The predicted octanol–water partition coefficient (Wildman–Crippen LogP) is 5.21. The third kappa shape index (κ3) is 7.22. The minimum Gasteiger partial charge on any atom is -0.756 e. The van der Waals surface area contributed by atoms with E-state index in [1.54, 1.807) is 0 Å². The zero-order valence-corrected chi connectivity index (χ0v) is 30.4. The highest BCUT2D eigenvalue weighted by atomic mass is 31.2. The van der Waals surface area contributed by atoms with Crippen LogP contribution in [0.25, 0.3) is 0 Å². The molecule has 0 aromatic carbocycles. The molecule has 5 aliphatic rings. The average Bonchev–Trinajstić information content (AvgIpc) is 3.57. The molecule has 0 spiro atoms. The van der Waals surface area contributed by atoms with Crippen LogP contribution in [-0.2, 0) is 18.3 Å². The van der Waals surface area contributed by atoms with Crippen molar-refractivity contribution in [2.24, 2.45) is 46.3 Å². The number of hydrogen-bond acceptors (Lipinski definition) is 9. The van der Waals surface area contributed by atoms with E-state index in [1.165, 1.54) is 32.1 Å². The van der Waals surface area contributed by atoms with Crippen molar-refractivity contribution >= 4 is 7.82 Å². The van der Waals surface area contributed by atoms with Gasteiger partial charge in [-0.2, -0.15) is 4.39 Å². The number of phosphoric ester groups is 1. The van der Waals surface area contributed by atoms with Crippen LogP contribution in [0.4, 0.5) is 4.39 Å². The monoisotopic (exact) mass is 709 g/mol. The SMILES string of the molecule is CC(C)CCC[C@@H](C)[C@H]1CC[C@H]2[C@@H]3[C@@H](O)C=C4C[C@@H](OP(=O)([O-])OC[C@H]5O[C@@H](n6cc(F)c(=O)[nH]c6=O)C[C@@H]5O)CC[C@]4(C)[C@H]3CC[C@]12C. The number of aliphatic hydroxyl groups is 2. The van der Waals surface area contributed by atoms with Crippen LogP contribution in [0, 0.1) is 52.2 Å². The van der Waals surface area contributed by atoms with Crippen LogP contribution in [-0.4, -0.2) is 50.8 Å². The van der Waals surface area contributed by atoms with E-state index in [-0.39, 0.29) is 23.2 Å². The van der Waals surface area contributed by atoms with Gasteiger partial charge in [-0.05, 0) is 91.3 Å². The fourth-order valence-electron chi connectivity index (χ4n) is 10.8. The molecule has 0 radical (unpaired) electrons. The van der Waals surface area contributed by atoms with Crippen LogP contribution in [0.1, 0.15) is 111 Å². The molecule has 276 valence electrons. The van der Waals surface area contributed by atoms with Crippen LogP contribution in [0.5, 0.6) is 0 Å². The van der Waals surface area contributed by atoms with Gasteiger partial charge in [0.25, 0.3) is 13.4 Å². The van der Waals surface area contributed by atoms with E-state index in [2.05, 4.69) is 34.6 Å². The highest BCUT2D eigenvalue weighted by Gasteiger charge is 2.61. The summed E-state index contributed by atoms with van der Waals surface area (Å²) in [5.41, 5.74) is -0.926. The minimum atomic E-state index is -4.83. The number of aromatic amines is 1. The number of aromatic nitrogens is 2.